The topological polar surface area (TPSA) is 34.1 Å². The highest BCUT2D eigenvalue weighted by atomic mass is 32.2. The molecule has 2 rings (SSSR count). The minimum atomic E-state index is -1.02. The average molecular weight is 349 g/mol. The van der Waals surface area contributed by atoms with Crippen LogP contribution in [0.2, 0.25) is 0 Å². The Kier molecular flexibility index (Phi) is 7.69. The summed E-state index contributed by atoms with van der Waals surface area (Å²) in [6.07, 6.45) is 3.17. The zero-order chi connectivity index (χ0) is 16.5. The summed E-state index contributed by atoms with van der Waals surface area (Å²) in [7, 11) is -2.05. The van der Waals surface area contributed by atoms with Crippen LogP contribution in [0.1, 0.15) is 26.2 Å². The largest absolute Gasteiger partial charge is 0.254 e. The van der Waals surface area contributed by atoms with Crippen LogP contribution in [0.3, 0.4) is 0 Å². The van der Waals surface area contributed by atoms with Gasteiger partial charge in [-0.1, -0.05) is 56.2 Å². The highest BCUT2D eigenvalue weighted by molar-refractivity contribution is 7.86. The monoisotopic (exact) mass is 348 g/mol. The van der Waals surface area contributed by atoms with Gasteiger partial charge in [0.05, 0.1) is 21.6 Å². The van der Waals surface area contributed by atoms with Crippen molar-refractivity contribution >= 4 is 21.6 Å². The van der Waals surface area contributed by atoms with E-state index in [1.807, 2.05) is 60.7 Å². The second-order valence-corrected chi connectivity index (χ2v) is 8.65. The van der Waals surface area contributed by atoms with Crippen LogP contribution in [0, 0.1) is 5.92 Å². The van der Waals surface area contributed by atoms with Gasteiger partial charge in [-0.2, -0.15) is 0 Å². The Morgan fingerprint density at radius 2 is 1.22 bits per heavy atom. The molecule has 124 valence electrons. The quantitative estimate of drug-likeness (QED) is 0.673. The van der Waals surface area contributed by atoms with E-state index in [0.717, 1.165) is 29.1 Å². The molecule has 2 aromatic carbocycles. The molecular weight excluding hydrogens is 324 g/mol. The molecular formula is C19H24O2S2. The van der Waals surface area contributed by atoms with Gasteiger partial charge in [0.1, 0.15) is 0 Å². The van der Waals surface area contributed by atoms with Gasteiger partial charge in [-0.25, -0.2) is 0 Å². The Hall–Kier alpha value is -1.26. The molecule has 0 saturated carbocycles. The Balaban J connectivity index is 2.02. The van der Waals surface area contributed by atoms with Crippen molar-refractivity contribution in [1.82, 2.24) is 0 Å². The Morgan fingerprint density at radius 3 is 1.61 bits per heavy atom. The molecule has 0 spiro atoms. The Labute approximate surface area is 144 Å². The van der Waals surface area contributed by atoms with Gasteiger partial charge in [-0.3, -0.25) is 8.42 Å². The maximum absolute atomic E-state index is 12.5. The first-order valence-corrected chi connectivity index (χ1v) is 10.7. The van der Waals surface area contributed by atoms with E-state index in [1.54, 1.807) is 0 Å². The van der Waals surface area contributed by atoms with Gasteiger partial charge in [-0.05, 0) is 36.6 Å². The maximum Gasteiger partial charge on any atom is 0.0532 e. The number of hydrogen-bond acceptors (Lipinski definition) is 2. The molecule has 0 saturated heterocycles. The summed E-state index contributed by atoms with van der Waals surface area (Å²) in [5.74, 6) is 1.39. The third-order valence-corrected chi connectivity index (χ3v) is 6.90. The van der Waals surface area contributed by atoms with Crippen molar-refractivity contribution in [3.05, 3.63) is 60.7 Å². The fourth-order valence-corrected chi connectivity index (χ4v) is 5.35. The predicted molar refractivity (Wildman–Crippen MR) is 98.4 cm³/mol. The second kappa shape index (κ2) is 9.78. The summed E-state index contributed by atoms with van der Waals surface area (Å²) in [6.45, 7) is 2.15. The van der Waals surface area contributed by atoms with E-state index >= 15 is 0 Å². The lowest BCUT2D eigenvalue weighted by atomic mass is 10.1. The van der Waals surface area contributed by atoms with Gasteiger partial charge >= 0.3 is 0 Å². The summed E-state index contributed by atoms with van der Waals surface area (Å²) in [6, 6.07) is 19.1. The molecule has 4 heteroatoms. The Bertz CT molecular complexity index is 573. The lowest BCUT2D eigenvalue weighted by Gasteiger charge is -2.16. The molecule has 0 heterocycles. The van der Waals surface area contributed by atoms with Crippen LogP contribution in [0.4, 0.5) is 0 Å². The first-order chi connectivity index (χ1) is 11.2. The fraction of sp³-hybridized carbons (Fsp3) is 0.368. The molecule has 0 fully saturated rings. The van der Waals surface area contributed by atoms with E-state index in [-0.39, 0.29) is 5.92 Å². The van der Waals surface area contributed by atoms with Crippen molar-refractivity contribution in [2.24, 2.45) is 5.92 Å². The summed E-state index contributed by atoms with van der Waals surface area (Å²) < 4.78 is 25.1. The minimum absolute atomic E-state index is 0.219. The maximum atomic E-state index is 12.5. The fourth-order valence-electron chi connectivity index (χ4n) is 2.47. The van der Waals surface area contributed by atoms with Gasteiger partial charge in [0.25, 0.3) is 0 Å². The van der Waals surface area contributed by atoms with Gasteiger partial charge in [-0.15, -0.1) is 0 Å². The third kappa shape index (κ3) is 6.04. The van der Waals surface area contributed by atoms with Crippen LogP contribution < -0.4 is 0 Å². The zero-order valence-electron chi connectivity index (χ0n) is 13.5. The van der Waals surface area contributed by atoms with Gasteiger partial charge in [0.15, 0.2) is 0 Å². The van der Waals surface area contributed by atoms with Crippen LogP contribution in [0.25, 0.3) is 0 Å². The van der Waals surface area contributed by atoms with Crippen molar-refractivity contribution in [1.29, 1.82) is 0 Å². The standard InChI is InChI=1S/C19H24O2S2/c1-2-3-10-17(15-22(20)18-11-6-4-7-12-18)16-23(21)19-13-8-5-9-14-19/h4-9,11-14,17H,2-3,10,15-16H2,1H3. The lowest BCUT2D eigenvalue weighted by molar-refractivity contribution is 0.550. The lowest BCUT2D eigenvalue weighted by Crippen LogP contribution is -2.19. The van der Waals surface area contributed by atoms with Crippen molar-refractivity contribution < 1.29 is 8.42 Å². The molecule has 2 unspecified atom stereocenters. The van der Waals surface area contributed by atoms with Crippen LogP contribution in [0.5, 0.6) is 0 Å². The molecule has 0 radical (unpaired) electrons. The van der Waals surface area contributed by atoms with Crippen LogP contribution in [-0.4, -0.2) is 19.9 Å². The highest BCUT2D eigenvalue weighted by Crippen LogP contribution is 2.18. The van der Waals surface area contributed by atoms with Crippen molar-refractivity contribution in [2.75, 3.05) is 11.5 Å². The molecule has 2 aromatic rings. The molecule has 0 aliphatic heterocycles. The van der Waals surface area contributed by atoms with E-state index in [4.69, 9.17) is 0 Å². The first kappa shape index (κ1) is 18.1. The van der Waals surface area contributed by atoms with E-state index < -0.39 is 21.6 Å². The number of rotatable bonds is 9. The van der Waals surface area contributed by atoms with Crippen molar-refractivity contribution in [2.45, 2.75) is 36.0 Å². The SMILES string of the molecule is CCCCC(CS(=O)c1ccccc1)CS(=O)c1ccccc1. The van der Waals surface area contributed by atoms with Crippen LogP contribution in [-0.2, 0) is 21.6 Å². The highest BCUT2D eigenvalue weighted by Gasteiger charge is 2.17. The smallest absolute Gasteiger partial charge is 0.0532 e. The minimum Gasteiger partial charge on any atom is -0.254 e. The normalized spacial score (nSPS) is 15.0. The molecule has 23 heavy (non-hydrogen) atoms. The zero-order valence-corrected chi connectivity index (χ0v) is 15.2. The van der Waals surface area contributed by atoms with E-state index in [2.05, 4.69) is 6.92 Å². The molecule has 0 amide bonds. The number of benzene rings is 2. The summed E-state index contributed by atoms with van der Waals surface area (Å²) in [5.41, 5.74) is 0. The van der Waals surface area contributed by atoms with E-state index in [0.29, 0.717) is 11.5 Å². The molecule has 0 bridgehead atoms. The predicted octanol–water partition coefficient (Wildman–Crippen LogP) is 4.41. The van der Waals surface area contributed by atoms with Gasteiger partial charge < -0.3 is 0 Å². The number of unbranched alkanes of at least 4 members (excludes halogenated alkanes) is 1. The molecule has 0 aliphatic rings. The molecule has 0 aromatic heterocycles. The second-order valence-electron chi connectivity index (χ2n) is 5.66. The summed E-state index contributed by atoms with van der Waals surface area (Å²) >= 11 is 0. The third-order valence-electron chi connectivity index (χ3n) is 3.75. The van der Waals surface area contributed by atoms with E-state index in [1.165, 1.54) is 0 Å². The van der Waals surface area contributed by atoms with Gasteiger partial charge in [0, 0.05) is 21.3 Å². The summed E-state index contributed by atoms with van der Waals surface area (Å²) in [5, 5.41) is 0. The van der Waals surface area contributed by atoms with E-state index in [9.17, 15) is 8.42 Å². The molecule has 2 nitrogen and oxygen atoms in total. The van der Waals surface area contributed by atoms with Crippen molar-refractivity contribution in [3.63, 3.8) is 0 Å². The molecule has 0 N–H and O–H groups in total. The summed E-state index contributed by atoms with van der Waals surface area (Å²) in [4.78, 5) is 1.72. The molecule has 2 atom stereocenters. The van der Waals surface area contributed by atoms with Gasteiger partial charge in [0.2, 0.25) is 0 Å². The number of hydrogen-bond donors (Lipinski definition) is 0. The molecule has 0 aliphatic carbocycles. The van der Waals surface area contributed by atoms with Crippen LogP contribution in [0.15, 0.2) is 70.5 Å². The van der Waals surface area contributed by atoms with Crippen molar-refractivity contribution in [3.8, 4) is 0 Å². The Morgan fingerprint density at radius 1 is 0.783 bits per heavy atom. The van der Waals surface area contributed by atoms with Crippen LogP contribution >= 0.6 is 0 Å². The average Bonchev–Trinajstić information content (AvgIpc) is 2.61. The first-order valence-electron chi connectivity index (χ1n) is 8.07.